The summed E-state index contributed by atoms with van der Waals surface area (Å²) < 4.78 is 4.85. The average molecular weight is 270 g/mol. The number of rotatable bonds is 4. The number of hydrogen-bond donors (Lipinski definition) is 1. The molecule has 5 nitrogen and oxygen atoms in total. The van der Waals surface area contributed by atoms with Crippen LogP contribution in [0.5, 0.6) is 5.88 Å². The van der Waals surface area contributed by atoms with Gasteiger partial charge in [0.15, 0.2) is 5.69 Å². The Balaban J connectivity index is 2.06. The van der Waals surface area contributed by atoms with E-state index >= 15 is 0 Å². The van der Waals surface area contributed by atoms with Gasteiger partial charge in [0.2, 0.25) is 5.88 Å². The Hall–Kier alpha value is -1.47. The molecule has 0 unspecified atom stereocenters. The number of aromatic hydroxyl groups is 1. The molecule has 2 aromatic rings. The number of carbonyl (C=O) groups is 1. The molecule has 1 N–H and O–H groups in total. The first-order chi connectivity index (χ1) is 8.19. The Kier molecular flexibility index (Phi) is 3.70. The first-order valence-electron chi connectivity index (χ1n) is 4.94. The SMILES string of the molecule is CCOC(=O)c1csc(Cc2nc(O)cs2)n1. The minimum absolute atomic E-state index is 0.0205. The van der Waals surface area contributed by atoms with Crippen LogP contribution in [0.1, 0.15) is 27.4 Å². The van der Waals surface area contributed by atoms with Gasteiger partial charge in [-0.25, -0.2) is 14.8 Å². The van der Waals surface area contributed by atoms with Crippen molar-refractivity contribution < 1.29 is 14.6 Å². The van der Waals surface area contributed by atoms with E-state index in [-0.39, 0.29) is 5.88 Å². The second-order valence-electron chi connectivity index (χ2n) is 3.12. The lowest BCUT2D eigenvalue weighted by Crippen LogP contribution is -2.05. The van der Waals surface area contributed by atoms with Gasteiger partial charge in [-0.15, -0.1) is 22.7 Å². The summed E-state index contributed by atoms with van der Waals surface area (Å²) in [4.78, 5) is 19.5. The molecule has 0 aliphatic rings. The van der Waals surface area contributed by atoms with Crippen molar-refractivity contribution >= 4 is 28.6 Å². The molecule has 0 fully saturated rings. The minimum Gasteiger partial charge on any atom is -0.493 e. The molecule has 0 aromatic carbocycles. The highest BCUT2D eigenvalue weighted by Gasteiger charge is 2.12. The molecule has 0 aliphatic heterocycles. The number of carbonyl (C=O) groups excluding carboxylic acids is 1. The van der Waals surface area contributed by atoms with Crippen molar-refractivity contribution in [3.8, 4) is 5.88 Å². The maximum absolute atomic E-state index is 11.4. The summed E-state index contributed by atoms with van der Waals surface area (Å²) in [6.07, 6.45) is 0.523. The van der Waals surface area contributed by atoms with Crippen molar-refractivity contribution in [3.63, 3.8) is 0 Å². The lowest BCUT2D eigenvalue weighted by Gasteiger charge is -1.96. The van der Waals surface area contributed by atoms with Gasteiger partial charge in [0.1, 0.15) is 10.0 Å². The van der Waals surface area contributed by atoms with Gasteiger partial charge in [0.25, 0.3) is 0 Å². The summed E-state index contributed by atoms with van der Waals surface area (Å²) in [6, 6.07) is 0. The van der Waals surface area contributed by atoms with E-state index in [4.69, 9.17) is 9.84 Å². The Labute approximate surface area is 106 Å². The van der Waals surface area contributed by atoms with E-state index in [1.165, 1.54) is 22.7 Å². The molecule has 0 amide bonds. The fourth-order valence-corrected chi connectivity index (χ4v) is 2.72. The molecule has 0 saturated heterocycles. The highest BCUT2D eigenvalue weighted by molar-refractivity contribution is 7.11. The monoisotopic (exact) mass is 270 g/mol. The molecule has 90 valence electrons. The third-order valence-corrected chi connectivity index (χ3v) is 3.56. The summed E-state index contributed by atoms with van der Waals surface area (Å²) in [7, 11) is 0. The minimum atomic E-state index is -0.406. The number of nitrogens with zero attached hydrogens (tertiary/aromatic N) is 2. The van der Waals surface area contributed by atoms with Crippen LogP contribution in [0.15, 0.2) is 10.8 Å². The zero-order valence-corrected chi connectivity index (χ0v) is 10.7. The van der Waals surface area contributed by atoms with Gasteiger partial charge in [0.05, 0.1) is 18.4 Å². The largest absolute Gasteiger partial charge is 0.493 e. The Morgan fingerprint density at radius 3 is 2.71 bits per heavy atom. The van der Waals surface area contributed by atoms with Gasteiger partial charge in [-0.3, -0.25) is 0 Å². The van der Waals surface area contributed by atoms with E-state index in [0.29, 0.717) is 18.7 Å². The van der Waals surface area contributed by atoms with Gasteiger partial charge >= 0.3 is 5.97 Å². The van der Waals surface area contributed by atoms with Crippen LogP contribution in [0.25, 0.3) is 0 Å². The van der Waals surface area contributed by atoms with Gasteiger partial charge in [-0.1, -0.05) is 0 Å². The Bertz CT molecular complexity index is 521. The average Bonchev–Trinajstić information content (AvgIpc) is 2.89. The molecular formula is C10H10N2O3S2. The van der Waals surface area contributed by atoms with Gasteiger partial charge < -0.3 is 9.84 Å². The van der Waals surface area contributed by atoms with Gasteiger partial charge in [-0.2, -0.15) is 0 Å². The van der Waals surface area contributed by atoms with Crippen molar-refractivity contribution in [3.05, 3.63) is 26.5 Å². The second-order valence-corrected chi connectivity index (χ2v) is 5.01. The first kappa shape index (κ1) is 12.0. The van der Waals surface area contributed by atoms with E-state index in [0.717, 1.165) is 10.0 Å². The van der Waals surface area contributed by atoms with E-state index in [1.807, 2.05) is 0 Å². The first-order valence-corrected chi connectivity index (χ1v) is 6.70. The van der Waals surface area contributed by atoms with Crippen molar-refractivity contribution in [2.45, 2.75) is 13.3 Å². The fourth-order valence-electron chi connectivity index (χ4n) is 1.20. The summed E-state index contributed by atoms with van der Waals surface area (Å²) in [5.41, 5.74) is 0.327. The molecule has 2 heterocycles. The van der Waals surface area contributed by atoms with Crippen LogP contribution >= 0.6 is 22.7 Å². The van der Waals surface area contributed by atoms with E-state index in [2.05, 4.69) is 9.97 Å². The molecular weight excluding hydrogens is 260 g/mol. The maximum atomic E-state index is 11.4. The topological polar surface area (TPSA) is 72.3 Å². The Morgan fingerprint density at radius 1 is 1.35 bits per heavy atom. The second kappa shape index (κ2) is 5.24. The van der Waals surface area contributed by atoms with Crippen LogP contribution in [0, 0.1) is 0 Å². The normalized spacial score (nSPS) is 10.4. The molecule has 0 radical (unpaired) electrons. The number of thiazole rings is 2. The quantitative estimate of drug-likeness (QED) is 0.861. The van der Waals surface area contributed by atoms with E-state index < -0.39 is 5.97 Å². The molecule has 7 heteroatoms. The summed E-state index contributed by atoms with van der Waals surface area (Å²) in [5, 5.41) is 13.9. The summed E-state index contributed by atoms with van der Waals surface area (Å²) in [5.74, 6) is -0.385. The molecule has 0 aliphatic carbocycles. The number of hydrogen-bond acceptors (Lipinski definition) is 7. The van der Waals surface area contributed by atoms with Gasteiger partial charge in [-0.05, 0) is 6.92 Å². The number of aromatic nitrogens is 2. The third kappa shape index (κ3) is 3.01. The molecule has 0 spiro atoms. The predicted octanol–water partition coefficient (Wildman–Crippen LogP) is 2.07. The van der Waals surface area contributed by atoms with Crippen LogP contribution in [0.3, 0.4) is 0 Å². The molecule has 2 rings (SSSR count). The van der Waals surface area contributed by atoms with Crippen molar-refractivity contribution in [1.29, 1.82) is 0 Å². The third-order valence-electron chi connectivity index (χ3n) is 1.88. The number of ether oxygens (including phenoxy) is 1. The van der Waals surface area contributed by atoms with Crippen LogP contribution in [-0.4, -0.2) is 27.7 Å². The maximum Gasteiger partial charge on any atom is 0.357 e. The molecule has 0 bridgehead atoms. The Morgan fingerprint density at radius 2 is 2.06 bits per heavy atom. The van der Waals surface area contributed by atoms with Crippen molar-refractivity contribution in [2.75, 3.05) is 6.61 Å². The molecule has 0 atom stereocenters. The lowest BCUT2D eigenvalue weighted by atomic mass is 10.4. The zero-order valence-electron chi connectivity index (χ0n) is 9.04. The molecule has 0 saturated carbocycles. The number of esters is 1. The van der Waals surface area contributed by atoms with E-state index in [1.54, 1.807) is 17.7 Å². The summed E-state index contributed by atoms with van der Waals surface area (Å²) >= 11 is 2.74. The smallest absolute Gasteiger partial charge is 0.357 e. The van der Waals surface area contributed by atoms with Gasteiger partial charge in [0, 0.05) is 5.38 Å². The van der Waals surface area contributed by atoms with Crippen molar-refractivity contribution in [2.24, 2.45) is 0 Å². The van der Waals surface area contributed by atoms with Crippen LogP contribution in [-0.2, 0) is 11.2 Å². The predicted molar refractivity (Wildman–Crippen MR) is 64.7 cm³/mol. The van der Waals surface area contributed by atoms with E-state index in [9.17, 15) is 4.79 Å². The van der Waals surface area contributed by atoms with Crippen molar-refractivity contribution in [1.82, 2.24) is 9.97 Å². The van der Waals surface area contributed by atoms with Crippen LogP contribution in [0.2, 0.25) is 0 Å². The zero-order chi connectivity index (χ0) is 12.3. The lowest BCUT2D eigenvalue weighted by molar-refractivity contribution is 0.0520. The molecule has 17 heavy (non-hydrogen) atoms. The fraction of sp³-hybridized carbons (Fsp3) is 0.300. The standard InChI is InChI=1S/C10H10N2O3S2/c1-2-15-10(14)6-4-16-8(11-6)3-9-12-7(13)5-17-9/h4-5,13H,2-3H2,1H3. The summed E-state index contributed by atoms with van der Waals surface area (Å²) in [6.45, 7) is 2.09. The van der Waals surface area contributed by atoms with Crippen LogP contribution < -0.4 is 0 Å². The van der Waals surface area contributed by atoms with Crippen LogP contribution in [0.4, 0.5) is 0 Å². The highest BCUT2D eigenvalue weighted by Crippen LogP contribution is 2.20. The molecule has 2 aromatic heterocycles. The highest BCUT2D eigenvalue weighted by atomic mass is 32.1.